The summed E-state index contributed by atoms with van der Waals surface area (Å²) in [5.74, 6) is -1.47. The van der Waals surface area contributed by atoms with Gasteiger partial charge in [-0.15, -0.1) is 0 Å². The quantitative estimate of drug-likeness (QED) is 0.769. The summed E-state index contributed by atoms with van der Waals surface area (Å²) in [5.41, 5.74) is 1.91. The fourth-order valence-corrected chi connectivity index (χ4v) is 3.30. The number of phenolic OH excluding ortho intramolecular Hbond substituents is 2. The lowest BCUT2D eigenvalue weighted by atomic mass is 9.92. The van der Waals surface area contributed by atoms with Crippen molar-refractivity contribution in [1.29, 1.82) is 0 Å². The van der Waals surface area contributed by atoms with E-state index in [-0.39, 0.29) is 34.5 Å². The number of phenols is 2. The Kier molecular flexibility index (Phi) is 5.04. The van der Waals surface area contributed by atoms with E-state index in [2.05, 4.69) is 5.32 Å². The van der Waals surface area contributed by atoms with Crippen LogP contribution in [0.4, 0.5) is 0 Å². The van der Waals surface area contributed by atoms with Gasteiger partial charge in [0.05, 0.1) is 10.6 Å². The van der Waals surface area contributed by atoms with Crippen molar-refractivity contribution >= 4 is 23.4 Å². The monoisotopic (exact) mass is 374 g/mol. The van der Waals surface area contributed by atoms with Gasteiger partial charge < -0.3 is 20.4 Å². The van der Waals surface area contributed by atoms with E-state index in [9.17, 15) is 19.8 Å². The molecule has 3 N–H and O–H groups in total. The van der Waals surface area contributed by atoms with Crippen molar-refractivity contribution in [3.05, 3.63) is 58.1 Å². The lowest BCUT2D eigenvalue weighted by molar-refractivity contribution is -0.126. The molecule has 0 radical (unpaired) electrons. The molecule has 0 aliphatic carbocycles. The number of nitrogens with zero attached hydrogens (tertiary/aromatic N) is 1. The Morgan fingerprint density at radius 3 is 2.58 bits per heavy atom. The standard InChI is InChI=1S/C19H19ClN2O4/c1-2-21-18(25)15-7-11-5-3-4-6-12(11)10-22(15)19(26)13-8-14(20)17(24)9-16(13)23/h3-6,8-9,15,23-24H,2,7,10H2,1H3,(H,21,25)/t15-/m0/s1. The van der Waals surface area contributed by atoms with Gasteiger partial charge >= 0.3 is 0 Å². The fourth-order valence-electron chi connectivity index (χ4n) is 3.14. The first-order chi connectivity index (χ1) is 12.4. The number of carbonyl (C=O) groups is 2. The van der Waals surface area contributed by atoms with Crippen LogP contribution in [0, 0.1) is 0 Å². The average Bonchev–Trinajstić information content (AvgIpc) is 2.63. The smallest absolute Gasteiger partial charge is 0.258 e. The molecule has 0 unspecified atom stereocenters. The second-order valence-corrected chi connectivity index (χ2v) is 6.54. The van der Waals surface area contributed by atoms with Crippen molar-refractivity contribution in [2.75, 3.05) is 6.54 Å². The molecule has 2 amide bonds. The number of rotatable bonds is 3. The Hall–Kier alpha value is -2.73. The van der Waals surface area contributed by atoms with E-state index in [0.29, 0.717) is 13.0 Å². The number of carbonyl (C=O) groups excluding carboxylic acids is 2. The Morgan fingerprint density at radius 1 is 1.19 bits per heavy atom. The molecule has 0 saturated heterocycles. The Bertz CT molecular complexity index is 869. The summed E-state index contributed by atoms with van der Waals surface area (Å²) < 4.78 is 0. The summed E-state index contributed by atoms with van der Waals surface area (Å²) in [5, 5.41) is 22.4. The molecular weight excluding hydrogens is 356 g/mol. The molecule has 7 heteroatoms. The molecule has 1 heterocycles. The third-order valence-corrected chi connectivity index (χ3v) is 4.76. The molecule has 3 rings (SSSR count). The molecule has 1 aliphatic heterocycles. The SMILES string of the molecule is CCNC(=O)[C@@H]1Cc2ccccc2CN1C(=O)c1cc(Cl)c(O)cc1O. The minimum atomic E-state index is -0.690. The molecule has 6 nitrogen and oxygen atoms in total. The first-order valence-electron chi connectivity index (χ1n) is 8.29. The molecule has 0 bridgehead atoms. The summed E-state index contributed by atoms with van der Waals surface area (Å²) in [6, 6.07) is 9.17. The number of aromatic hydroxyl groups is 2. The number of halogens is 1. The van der Waals surface area contributed by atoms with Gasteiger partial charge in [-0.3, -0.25) is 9.59 Å². The van der Waals surface area contributed by atoms with Crippen LogP contribution in [0.2, 0.25) is 5.02 Å². The predicted molar refractivity (Wildman–Crippen MR) is 97.3 cm³/mol. The van der Waals surface area contributed by atoms with Gasteiger partial charge in [0.25, 0.3) is 5.91 Å². The zero-order chi connectivity index (χ0) is 18.8. The number of nitrogens with one attached hydrogen (secondary N) is 1. The second kappa shape index (κ2) is 7.25. The zero-order valence-corrected chi connectivity index (χ0v) is 15.0. The number of hydrogen-bond acceptors (Lipinski definition) is 4. The molecule has 2 aromatic rings. The van der Waals surface area contributed by atoms with Crippen molar-refractivity contribution in [1.82, 2.24) is 10.2 Å². The second-order valence-electron chi connectivity index (χ2n) is 6.14. The lowest BCUT2D eigenvalue weighted by Crippen LogP contribution is -2.52. The van der Waals surface area contributed by atoms with Crippen LogP contribution in [-0.4, -0.2) is 39.5 Å². The number of likely N-dealkylation sites (N-methyl/N-ethyl adjacent to an activating group) is 1. The normalized spacial score (nSPS) is 16.1. The van der Waals surface area contributed by atoms with Gasteiger partial charge in [0.15, 0.2) is 0 Å². The first-order valence-corrected chi connectivity index (χ1v) is 8.67. The van der Waals surface area contributed by atoms with Gasteiger partial charge in [-0.1, -0.05) is 35.9 Å². The highest BCUT2D eigenvalue weighted by molar-refractivity contribution is 6.32. The summed E-state index contributed by atoms with van der Waals surface area (Å²) in [7, 11) is 0. The van der Waals surface area contributed by atoms with E-state index in [0.717, 1.165) is 17.2 Å². The van der Waals surface area contributed by atoms with Crippen LogP contribution in [0.25, 0.3) is 0 Å². The summed E-state index contributed by atoms with van der Waals surface area (Å²) >= 11 is 5.89. The van der Waals surface area contributed by atoms with Gasteiger partial charge in [0, 0.05) is 25.6 Å². The molecule has 1 aliphatic rings. The minimum absolute atomic E-state index is 0.0434. The van der Waals surface area contributed by atoms with Crippen molar-refractivity contribution in [3.63, 3.8) is 0 Å². The average molecular weight is 375 g/mol. The van der Waals surface area contributed by atoms with Crippen molar-refractivity contribution in [2.24, 2.45) is 0 Å². The van der Waals surface area contributed by atoms with Crippen LogP contribution >= 0.6 is 11.6 Å². The van der Waals surface area contributed by atoms with E-state index in [1.54, 1.807) is 0 Å². The van der Waals surface area contributed by atoms with E-state index < -0.39 is 11.9 Å². The summed E-state index contributed by atoms with van der Waals surface area (Å²) in [6.07, 6.45) is 0.389. The predicted octanol–water partition coefficient (Wildman–Crippen LogP) is 2.45. The van der Waals surface area contributed by atoms with E-state index in [1.807, 2.05) is 31.2 Å². The molecule has 0 spiro atoms. The number of amides is 2. The molecule has 0 fully saturated rings. The first kappa shape index (κ1) is 18.1. The number of hydrogen-bond donors (Lipinski definition) is 3. The Labute approximate surface area is 156 Å². The number of fused-ring (bicyclic) bond motifs is 1. The van der Waals surface area contributed by atoms with Crippen LogP contribution in [0.5, 0.6) is 11.5 Å². The third-order valence-electron chi connectivity index (χ3n) is 4.46. The van der Waals surface area contributed by atoms with Gasteiger partial charge in [-0.05, 0) is 24.1 Å². The topological polar surface area (TPSA) is 89.9 Å². The van der Waals surface area contributed by atoms with Gasteiger partial charge in [-0.25, -0.2) is 0 Å². The van der Waals surface area contributed by atoms with Crippen LogP contribution < -0.4 is 5.32 Å². The molecule has 0 aromatic heterocycles. The van der Waals surface area contributed by atoms with E-state index in [1.165, 1.54) is 11.0 Å². The minimum Gasteiger partial charge on any atom is -0.507 e. The van der Waals surface area contributed by atoms with Crippen LogP contribution in [0.3, 0.4) is 0 Å². The van der Waals surface area contributed by atoms with Gasteiger partial charge in [-0.2, -0.15) is 0 Å². The summed E-state index contributed by atoms with van der Waals surface area (Å²) in [6.45, 7) is 2.51. The van der Waals surface area contributed by atoms with Crippen LogP contribution in [0.15, 0.2) is 36.4 Å². The van der Waals surface area contributed by atoms with Gasteiger partial charge in [0.2, 0.25) is 5.91 Å². The maximum Gasteiger partial charge on any atom is 0.258 e. The van der Waals surface area contributed by atoms with Crippen molar-refractivity contribution in [3.8, 4) is 11.5 Å². The van der Waals surface area contributed by atoms with Crippen LogP contribution in [-0.2, 0) is 17.8 Å². The Morgan fingerprint density at radius 2 is 1.88 bits per heavy atom. The molecule has 136 valence electrons. The van der Waals surface area contributed by atoms with Crippen molar-refractivity contribution in [2.45, 2.75) is 25.9 Å². The zero-order valence-electron chi connectivity index (χ0n) is 14.2. The van der Waals surface area contributed by atoms with E-state index in [4.69, 9.17) is 11.6 Å². The van der Waals surface area contributed by atoms with Crippen molar-refractivity contribution < 1.29 is 19.8 Å². The maximum atomic E-state index is 13.1. The maximum absolute atomic E-state index is 13.1. The highest BCUT2D eigenvalue weighted by Gasteiger charge is 2.35. The molecular formula is C19H19ClN2O4. The lowest BCUT2D eigenvalue weighted by Gasteiger charge is -2.36. The highest BCUT2D eigenvalue weighted by atomic mass is 35.5. The molecule has 1 atom stereocenters. The Balaban J connectivity index is 2.01. The third kappa shape index (κ3) is 3.32. The molecule has 0 saturated carbocycles. The molecule has 2 aromatic carbocycles. The van der Waals surface area contributed by atoms with Crippen LogP contribution in [0.1, 0.15) is 28.4 Å². The van der Waals surface area contributed by atoms with Gasteiger partial charge in [0.1, 0.15) is 17.5 Å². The largest absolute Gasteiger partial charge is 0.507 e. The highest BCUT2D eigenvalue weighted by Crippen LogP contribution is 2.33. The molecule has 26 heavy (non-hydrogen) atoms. The summed E-state index contributed by atoms with van der Waals surface area (Å²) in [4.78, 5) is 27.0. The fraction of sp³-hybridized carbons (Fsp3) is 0.263. The number of benzene rings is 2. The van der Waals surface area contributed by atoms with E-state index >= 15 is 0 Å².